The van der Waals surface area contributed by atoms with Gasteiger partial charge in [0.25, 0.3) is 5.69 Å². The van der Waals surface area contributed by atoms with E-state index in [0.29, 0.717) is 43.0 Å². The molecule has 0 radical (unpaired) electrons. The van der Waals surface area contributed by atoms with Crippen molar-refractivity contribution < 1.29 is 19.6 Å². The lowest BCUT2D eigenvalue weighted by Crippen LogP contribution is -2.54. The summed E-state index contributed by atoms with van der Waals surface area (Å²) in [5.41, 5.74) is 0.00263. The van der Waals surface area contributed by atoms with Crippen molar-refractivity contribution in [3.05, 3.63) is 32.8 Å². The zero-order valence-corrected chi connectivity index (χ0v) is 14.2. The molecule has 1 amide bonds. The van der Waals surface area contributed by atoms with Gasteiger partial charge in [0.15, 0.2) is 0 Å². The van der Waals surface area contributed by atoms with Crippen LogP contribution in [-0.2, 0) is 0 Å². The summed E-state index contributed by atoms with van der Waals surface area (Å²) in [5.74, 6) is 0.549. The molecule has 1 aromatic rings. The first-order chi connectivity index (χ1) is 10.9. The van der Waals surface area contributed by atoms with Crippen LogP contribution < -0.4 is 4.74 Å². The Bertz CT molecular complexity index is 598. The van der Waals surface area contributed by atoms with E-state index in [1.165, 1.54) is 17.0 Å². The van der Waals surface area contributed by atoms with E-state index in [9.17, 15) is 14.9 Å². The van der Waals surface area contributed by atoms with E-state index in [4.69, 9.17) is 9.84 Å². The van der Waals surface area contributed by atoms with Gasteiger partial charge in [-0.3, -0.25) is 15.0 Å². The number of benzene rings is 1. The van der Waals surface area contributed by atoms with Crippen LogP contribution in [0, 0.1) is 10.1 Å². The molecule has 1 aromatic carbocycles. The molecule has 1 saturated heterocycles. The number of nitrogens with zero attached hydrogens (tertiary/aromatic N) is 3. The van der Waals surface area contributed by atoms with Crippen molar-refractivity contribution in [3.8, 4) is 5.75 Å². The highest BCUT2D eigenvalue weighted by atomic mass is 79.9. The number of non-ortho nitro benzene ring substituents is 1. The number of piperazine rings is 1. The Balaban J connectivity index is 1.82. The number of halogens is 1. The van der Waals surface area contributed by atoms with Gasteiger partial charge in [0.1, 0.15) is 12.4 Å². The van der Waals surface area contributed by atoms with Gasteiger partial charge < -0.3 is 14.7 Å². The monoisotopic (exact) mass is 387 g/mol. The van der Waals surface area contributed by atoms with Gasteiger partial charge in [-0.25, -0.2) is 4.79 Å². The van der Waals surface area contributed by atoms with Gasteiger partial charge in [0.2, 0.25) is 0 Å². The summed E-state index contributed by atoms with van der Waals surface area (Å²) < 4.78 is 6.18. The highest BCUT2D eigenvalue weighted by Crippen LogP contribution is 2.29. The summed E-state index contributed by atoms with van der Waals surface area (Å²) in [6.45, 7) is 4.79. The van der Waals surface area contributed by atoms with Crippen LogP contribution in [-0.4, -0.2) is 64.8 Å². The van der Waals surface area contributed by atoms with Crippen LogP contribution in [0.25, 0.3) is 0 Å². The number of nitro groups is 1. The first-order valence-corrected chi connectivity index (χ1v) is 7.96. The molecule has 1 N–H and O–H groups in total. The SMILES string of the molecule is CC1CN(CCOc2ccc([N+](=O)[O-])cc2Br)CCN1C(=O)O. The summed E-state index contributed by atoms with van der Waals surface area (Å²) in [6.07, 6.45) is -0.886. The largest absolute Gasteiger partial charge is 0.491 e. The highest BCUT2D eigenvalue weighted by Gasteiger charge is 2.26. The predicted octanol–water partition coefficient (Wildman–Crippen LogP) is 2.42. The Morgan fingerprint density at radius 1 is 1.52 bits per heavy atom. The van der Waals surface area contributed by atoms with Crippen molar-refractivity contribution in [1.82, 2.24) is 9.80 Å². The molecule has 1 unspecified atom stereocenters. The van der Waals surface area contributed by atoms with Crippen LogP contribution in [0.2, 0.25) is 0 Å². The van der Waals surface area contributed by atoms with E-state index in [1.807, 2.05) is 6.92 Å². The topological polar surface area (TPSA) is 96.2 Å². The molecule has 1 heterocycles. The molecule has 1 aliphatic heterocycles. The molecule has 1 atom stereocenters. The van der Waals surface area contributed by atoms with Crippen LogP contribution in [0.5, 0.6) is 5.75 Å². The average molecular weight is 388 g/mol. The second-order valence-electron chi connectivity index (χ2n) is 5.35. The number of ether oxygens (including phenoxy) is 1. The summed E-state index contributed by atoms with van der Waals surface area (Å²) >= 11 is 3.26. The molecule has 9 heteroatoms. The van der Waals surface area contributed by atoms with Crippen LogP contribution in [0.1, 0.15) is 6.92 Å². The summed E-state index contributed by atoms with van der Waals surface area (Å²) in [4.78, 5) is 24.8. The smallest absolute Gasteiger partial charge is 0.407 e. The van der Waals surface area contributed by atoms with E-state index in [0.717, 1.165) is 0 Å². The third kappa shape index (κ3) is 4.55. The van der Waals surface area contributed by atoms with Crippen molar-refractivity contribution in [2.45, 2.75) is 13.0 Å². The molecule has 0 spiro atoms. The van der Waals surface area contributed by atoms with Gasteiger partial charge in [-0.1, -0.05) is 0 Å². The van der Waals surface area contributed by atoms with Gasteiger partial charge in [-0.05, 0) is 28.9 Å². The predicted molar refractivity (Wildman–Crippen MR) is 86.9 cm³/mol. The van der Waals surface area contributed by atoms with Crippen molar-refractivity contribution in [3.63, 3.8) is 0 Å². The molecule has 0 aliphatic carbocycles. The third-order valence-corrected chi connectivity index (χ3v) is 4.37. The Kier molecular flexibility index (Phi) is 5.78. The van der Waals surface area contributed by atoms with Crippen LogP contribution in [0.15, 0.2) is 22.7 Å². The molecule has 0 aromatic heterocycles. The highest BCUT2D eigenvalue weighted by molar-refractivity contribution is 9.10. The summed E-state index contributed by atoms with van der Waals surface area (Å²) in [6, 6.07) is 4.32. The van der Waals surface area contributed by atoms with Crippen LogP contribution in [0.3, 0.4) is 0 Å². The minimum absolute atomic E-state index is 0.00263. The zero-order chi connectivity index (χ0) is 17.0. The maximum Gasteiger partial charge on any atom is 0.407 e. The lowest BCUT2D eigenvalue weighted by Gasteiger charge is -2.38. The second kappa shape index (κ2) is 7.60. The van der Waals surface area contributed by atoms with E-state index in [1.54, 1.807) is 6.07 Å². The minimum atomic E-state index is -0.886. The molecule has 0 bridgehead atoms. The van der Waals surface area contributed by atoms with Gasteiger partial charge in [0.05, 0.1) is 9.40 Å². The normalized spacial score (nSPS) is 18.7. The quantitative estimate of drug-likeness (QED) is 0.615. The Hall–Kier alpha value is -1.87. The number of hydrogen-bond acceptors (Lipinski definition) is 5. The van der Waals surface area contributed by atoms with Crippen LogP contribution in [0.4, 0.5) is 10.5 Å². The number of carbonyl (C=O) groups is 1. The first kappa shape index (κ1) is 17.5. The third-order valence-electron chi connectivity index (χ3n) is 3.75. The fraction of sp³-hybridized carbons (Fsp3) is 0.500. The van der Waals surface area contributed by atoms with E-state index < -0.39 is 11.0 Å². The van der Waals surface area contributed by atoms with Gasteiger partial charge in [-0.15, -0.1) is 0 Å². The summed E-state index contributed by atoms with van der Waals surface area (Å²) in [5, 5.41) is 19.7. The second-order valence-corrected chi connectivity index (χ2v) is 6.20. The fourth-order valence-corrected chi connectivity index (χ4v) is 3.01. The molecule has 8 nitrogen and oxygen atoms in total. The summed E-state index contributed by atoms with van der Waals surface area (Å²) in [7, 11) is 0. The number of amides is 1. The maximum atomic E-state index is 11.0. The van der Waals surface area contributed by atoms with Crippen LogP contribution >= 0.6 is 15.9 Å². The van der Waals surface area contributed by atoms with Gasteiger partial charge in [-0.2, -0.15) is 0 Å². The lowest BCUT2D eigenvalue weighted by atomic mass is 10.2. The standard InChI is InChI=1S/C14H18BrN3O5/c1-10-9-16(4-5-17(10)14(19)20)6-7-23-13-3-2-11(18(21)22)8-12(13)15/h2-3,8,10H,4-7,9H2,1H3,(H,19,20). The molecular formula is C14H18BrN3O5. The van der Waals surface area contributed by atoms with Gasteiger partial charge in [0, 0.05) is 44.4 Å². The number of carboxylic acid groups (broad SMARTS) is 1. The van der Waals surface area contributed by atoms with Crippen molar-refractivity contribution >= 4 is 27.7 Å². The van der Waals surface area contributed by atoms with Crippen molar-refractivity contribution in [2.24, 2.45) is 0 Å². The van der Waals surface area contributed by atoms with E-state index in [-0.39, 0.29) is 11.7 Å². The minimum Gasteiger partial charge on any atom is -0.491 e. The molecule has 0 saturated carbocycles. The molecule has 23 heavy (non-hydrogen) atoms. The first-order valence-electron chi connectivity index (χ1n) is 7.17. The van der Waals surface area contributed by atoms with E-state index >= 15 is 0 Å². The number of rotatable bonds is 5. The number of hydrogen-bond donors (Lipinski definition) is 1. The Labute approximate surface area is 141 Å². The van der Waals surface area contributed by atoms with E-state index in [2.05, 4.69) is 20.8 Å². The average Bonchev–Trinajstić information content (AvgIpc) is 2.48. The van der Waals surface area contributed by atoms with Gasteiger partial charge >= 0.3 is 6.09 Å². The van der Waals surface area contributed by atoms with Crippen molar-refractivity contribution in [1.29, 1.82) is 0 Å². The zero-order valence-electron chi connectivity index (χ0n) is 12.6. The molecule has 126 valence electrons. The number of nitro benzene ring substituents is 1. The Morgan fingerprint density at radius 3 is 2.83 bits per heavy atom. The Morgan fingerprint density at radius 2 is 2.26 bits per heavy atom. The molecule has 1 fully saturated rings. The lowest BCUT2D eigenvalue weighted by molar-refractivity contribution is -0.385. The van der Waals surface area contributed by atoms with Crippen molar-refractivity contribution in [2.75, 3.05) is 32.8 Å². The molecule has 2 rings (SSSR count). The fourth-order valence-electron chi connectivity index (χ4n) is 2.53. The molecule has 1 aliphatic rings. The maximum absolute atomic E-state index is 11.0. The molecular weight excluding hydrogens is 370 g/mol.